The van der Waals surface area contributed by atoms with E-state index in [-0.39, 0.29) is 0 Å². The molecule has 3 N–H and O–H groups in total. The van der Waals surface area contributed by atoms with Crippen LogP contribution in [-0.2, 0) is 11.3 Å². The molecule has 0 atom stereocenters. The van der Waals surface area contributed by atoms with E-state index in [9.17, 15) is 4.79 Å². The number of rotatable bonds is 4. The zero-order valence-corrected chi connectivity index (χ0v) is 10.8. The first-order valence-corrected chi connectivity index (χ1v) is 6.33. The predicted octanol–water partition coefficient (Wildman–Crippen LogP) is 2.73. The van der Waals surface area contributed by atoms with Crippen molar-refractivity contribution in [1.29, 1.82) is 0 Å². The van der Waals surface area contributed by atoms with Crippen LogP contribution >= 0.6 is 11.3 Å². The summed E-state index contributed by atoms with van der Waals surface area (Å²) in [5, 5.41) is 5.23. The van der Waals surface area contributed by atoms with Crippen LogP contribution in [0.1, 0.15) is 15.2 Å². The van der Waals surface area contributed by atoms with Crippen LogP contribution in [0.25, 0.3) is 0 Å². The van der Waals surface area contributed by atoms with Crippen LogP contribution in [0.4, 0.5) is 11.4 Å². The van der Waals surface area contributed by atoms with Crippen molar-refractivity contribution < 1.29 is 9.53 Å². The average molecular weight is 262 g/mol. The Morgan fingerprint density at radius 3 is 2.94 bits per heavy atom. The van der Waals surface area contributed by atoms with Crippen molar-refractivity contribution in [2.75, 3.05) is 18.2 Å². The van der Waals surface area contributed by atoms with E-state index >= 15 is 0 Å². The molecule has 1 aromatic heterocycles. The van der Waals surface area contributed by atoms with E-state index in [1.807, 2.05) is 17.5 Å². The summed E-state index contributed by atoms with van der Waals surface area (Å²) in [5.41, 5.74) is 7.40. The topological polar surface area (TPSA) is 64.3 Å². The second-order valence-corrected chi connectivity index (χ2v) is 4.76. The van der Waals surface area contributed by atoms with Crippen LogP contribution in [0.3, 0.4) is 0 Å². The smallest absolute Gasteiger partial charge is 0.340 e. The summed E-state index contributed by atoms with van der Waals surface area (Å²) in [6, 6.07) is 9.18. The lowest BCUT2D eigenvalue weighted by Crippen LogP contribution is -2.08. The second kappa shape index (κ2) is 5.55. The lowest BCUT2D eigenvalue weighted by molar-refractivity contribution is 0.0602. The molecule has 0 spiro atoms. The lowest BCUT2D eigenvalue weighted by atomic mass is 10.1. The van der Waals surface area contributed by atoms with Gasteiger partial charge in [-0.05, 0) is 29.6 Å². The van der Waals surface area contributed by atoms with Crippen LogP contribution in [0.5, 0.6) is 0 Å². The Bertz CT molecular complexity index is 538. The van der Waals surface area contributed by atoms with E-state index in [1.54, 1.807) is 29.5 Å². The second-order valence-electron chi connectivity index (χ2n) is 3.73. The van der Waals surface area contributed by atoms with Crippen molar-refractivity contribution in [2.45, 2.75) is 6.54 Å². The number of carbonyl (C=O) groups excluding carboxylic acids is 1. The zero-order chi connectivity index (χ0) is 13.0. The highest BCUT2D eigenvalue weighted by molar-refractivity contribution is 7.09. The molecule has 0 aliphatic carbocycles. The maximum atomic E-state index is 11.6. The fourth-order valence-corrected chi connectivity index (χ4v) is 2.23. The molecule has 2 aromatic rings. The molecule has 5 heteroatoms. The number of nitrogens with two attached hydrogens (primary N) is 1. The van der Waals surface area contributed by atoms with Crippen molar-refractivity contribution in [3.05, 3.63) is 46.2 Å². The minimum absolute atomic E-state index is 0.393. The first kappa shape index (κ1) is 12.4. The highest BCUT2D eigenvalue weighted by atomic mass is 32.1. The Morgan fingerprint density at radius 2 is 2.28 bits per heavy atom. The first-order chi connectivity index (χ1) is 8.70. The molecule has 18 heavy (non-hydrogen) atoms. The van der Waals surface area contributed by atoms with Crippen molar-refractivity contribution in [3.8, 4) is 0 Å². The fourth-order valence-electron chi connectivity index (χ4n) is 1.59. The average Bonchev–Trinajstić information content (AvgIpc) is 2.89. The molecule has 4 nitrogen and oxygen atoms in total. The minimum atomic E-state index is -0.393. The molecule has 2 rings (SSSR count). The van der Waals surface area contributed by atoms with Crippen molar-refractivity contribution in [1.82, 2.24) is 0 Å². The summed E-state index contributed by atoms with van der Waals surface area (Å²) in [4.78, 5) is 12.8. The zero-order valence-electron chi connectivity index (χ0n) is 9.97. The van der Waals surface area contributed by atoms with E-state index < -0.39 is 5.97 Å². The minimum Gasteiger partial charge on any atom is -0.465 e. The van der Waals surface area contributed by atoms with Gasteiger partial charge in [0.2, 0.25) is 0 Å². The Morgan fingerprint density at radius 1 is 1.44 bits per heavy atom. The van der Waals surface area contributed by atoms with Gasteiger partial charge in [0, 0.05) is 22.8 Å². The number of benzene rings is 1. The summed E-state index contributed by atoms with van der Waals surface area (Å²) in [5.74, 6) is -0.393. The number of carbonyl (C=O) groups is 1. The van der Waals surface area contributed by atoms with Crippen LogP contribution in [0, 0.1) is 0 Å². The number of esters is 1. The highest BCUT2D eigenvalue weighted by Gasteiger charge is 2.12. The maximum absolute atomic E-state index is 11.6. The Hall–Kier alpha value is -2.01. The molecule has 1 aromatic carbocycles. The van der Waals surface area contributed by atoms with Gasteiger partial charge in [-0.1, -0.05) is 6.07 Å². The quantitative estimate of drug-likeness (QED) is 0.657. The van der Waals surface area contributed by atoms with Crippen molar-refractivity contribution >= 4 is 28.7 Å². The van der Waals surface area contributed by atoms with Gasteiger partial charge in [0.25, 0.3) is 0 Å². The van der Waals surface area contributed by atoms with Gasteiger partial charge in [-0.3, -0.25) is 0 Å². The molecule has 94 valence electrons. The van der Waals surface area contributed by atoms with E-state index in [0.717, 1.165) is 5.69 Å². The lowest BCUT2D eigenvalue weighted by Gasteiger charge is -2.10. The van der Waals surface area contributed by atoms with Gasteiger partial charge < -0.3 is 15.8 Å². The number of ether oxygens (including phenoxy) is 1. The standard InChI is InChI=1S/C13H14N2O2S/c1-17-13(16)11-7-9(14)4-5-12(11)15-8-10-3-2-6-18-10/h2-7,15H,8,14H2,1H3. The molecule has 0 amide bonds. The monoisotopic (exact) mass is 262 g/mol. The molecular formula is C13H14N2O2S. The molecule has 0 saturated heterocycles. The Labute approximate surface area is 109 Å². The highest BCUT2D eigenvalue weighted by Crippen LogP contribution is 2.21. The summed E-state index contributed by atoms with van der Waals surface area (Å²) in [6.07, 6.45) is 0. The summed E-state index contributed by atoms with van der Waals surface area (Å²) >= 11 is 1.66. The van der Waals surface area contributed by atoms with E-state index in [0.29, 0.717) is 17.8 Å². The molecular weight excluding hydrogens is 248 g/mol. The summed E-state index contributed by atoms with van der Waals surface area (Å²) in [6.45, 7) is 0.672. The van der Waals surface area contributed by atoms with Crippen molar-refractivity contribution in [3.63, 3.8) is 0 Å². The Balaban J connectivity index is 2.18. The summed E-state index contributed by atoms with van der Waals surface area (Å²) < 4.78 is 4.74. The third-order valence-electron chi connectivity index (χ3n) is 2.48. The van der Waals surface area contributed by atoms with Crippen LogP contribution in [-0.4, -0.2) is 13.1 Å². The SMILES string of the molecule is COC(=O)c1cc(N)ccc1NCc1cccs1. The van der Waals surface area contributed by atoms with Gasteiger partial charge in [-0.25, -0.2) is 4.79 Å². The number of hydrogen-bond donors (Lipinski definition) is 2. The third kappa shape index (κ3) is 2.81. The van der Waals surface area contributed by atoms with Gasteiger partial charge in [0.05, 0.1) is 12.7 Å². The van der Waals surface area contributed by atoms with Crippen LogP contribution in [0.15, 0.2) is 35.7 Å². The van der Waals surface area contributed by atoms with Gasteiger partial charge in [0.1, 0.15) is 0 Å². The number of thiophene rings is 1. The fraction of sp³-hybridized carbons (Fsp3) is 0.154. The number of nitrogens with one attached hydrogen (secondary N) is 1. The third-order valence-corrected chi connectivity index (χ3v) is 3.36. The molecule has 0 aliphatic rings. The molecule has 0 saturated carbocycles. The normalized spacial score (nSPS) is 10.1. The number of nitrogen functional groups attached to an aromatic ring is 1. The molecule has 0 aliphatic heterocycles. The molecule has 0 bridgehead atoms. The van der Waals surface area contributed by atoms with E-state index in [2.05, 4.69) is 5.32 Å². The van der Waals surface area contributed by atoms with Gasteiger partial charge in [-0.2, -0.15) is 0 Å². The number of hydrogen-bond acceptors (Lipinski definition) is 5. The molecule has 0 fully saturated rings. The van der Waals surface area contributed by atoms with Crippen molar-refractivity contribution in [2.24, 2.45) is 0 Å². The maximum Gasteiger partial charge on any atom is 0.340 e. The molecule has 0 radical (unpaired) electrons. The summed E-state index contributed by atoms with van der Waals surface area (Å²) in [7, 11) is 1.36. The van der Waals surface area contributed by atoms with E-state index in [1.165, 1.54) is 12.0 Å². The van der Waals surface area contributed by atoms with Crippen LogP contribution < -0.4 is 11.1 Å². The first-order valence-electron chi connectivity index (χ1n) is 5.45. The number of anilines is 2. The number of methoxy groups -OCH3 is 1. The predicted molar refractivity (Wildman–Crippen MR) is 73.8 cm³/mol. The molecule has 1 heterocycles. The van der Waals surface area contributed by atoms with Crippen LogP contribution in [0.2, 0.25) is 0 Å². The van der Waals surface area contributed by atoms with Gasteiger partial charge in [-0.15, -0.1) is 11.3 Å². The largest absolute Gasteiger partial charge is 0.465 e. The van der Waals surface area contributed by atoms with Gasteiger partial charge >= 0.3 is 5.97 Å². The van der Waals surface area contributed by atoms with Gasteiger partial charge in [0.15, 0.2) is 0 Å². The molecule has 0 unspecified atom stereocenters. The Kier molecular flexibility index (Phi) is 3.84. The van der Waals surface area contributed by atoms with E-state index in [4.69, 9.17) is 10.5 Å².